The third-order valence-corrected chi connectivity index (χ3v) is 5.53. The predicted octanol–water partition coefficient (Wildman–Crippen LogP) is 6.12. The highest BCUT2D eigenvalue weighted by Gasteiger charge is 2.13. The summed E-state index contributed by atoms with van der Waals surface area (Å²) < 4.78 is 2.15. The minimum atomic E-state index is 0.522. The molecule has 5 aromatic rings. The first-order chi connectivity index (χ1) is 13.7. The van der Waals surface area contributed by atoms with E-state index in [1.54, 1.807) is 0 Å². The van der Waals surface area contributed by atoms with Crippen molar-refractivity contribution in [3.8, 4) is 22.4 Å². The SMILES string of the molecule is Cn1cccc1-c1cc(CN)cc(-c2c3ccccc3cc3ccccc23)c1. The monoisotopic (exact) mass is 362 g/mol. The summed E-state index contributed by atoms with van der Waals surface area (Å²) in [7, 11) is 2.08. The highest BCUT2D eigenvalue weighted by Crippen LogP contribution is 2.38. The Kier molecular flexibility index (Phi) is 4.00. The molecule has 136 valence electrons. The maximum Gasteiger partial charge on any atom is 0.0477 e. The molecule has 1 heterocycles. The van der Waals surface area contributed by atoms with E-state index >= 15 is 0 Å². The smallest absolute Gasteiger partial charge is 0.0477 e. The molecule has 0 radical (unpaired) electrons. The van der Waals surface area contributed by atoms with Gasteiger partial charge in [0.15, 0.2) is 0 Å². The molecule has 5 rings (SSSR count). The van der Waals surface area contributed by atoms with Gasteiger partial charge < -0.3 is 10.3 Å². The molecule has 0 aliphatic heterocycles. The van der Waals surface area contributed by atoms with Crippen molar-refractivity contribution in [2.45, 2.75) is 6.54 Å². The summed E-state index contributed by atoms with van der Waals surface area (Å²) in [6.07, 6.45) is 2.08. The number of aryl methyl sites for hydroxylation is 1. The van der Waals surface area contributed by atoms with Gasteiger partial charge in [-0.1, -0.05) is 48.5 Å². The Morgan fingerprint density at radius 3 is 1.96 bits per heavy atom. The first-order valence-corrected chi connectivity index (χ1v) is 9.61. The van der Waals surface area contributed by atoms with E-state index in [0.717, 1.165) is 5.56 Å². The molecule has 2 heteroatoms. The number of hydrogen-bond acceptors (Lipinski definition) is 1. The van der Waals surface area contributed by atoms with Gasteiger partial charge in [0.2, 0.25) is 0 Å². The van der Waals surface area contributed by atoms with Gasteiger partial charge in [0.05, 0.1) is 0 Å². The first kappa shape index (κ1) is 16.8. The molecule has 0 amide bonds. The zero-order valence-electron chi connectivity index (χ0n) is 15.9. The molecule has 0 atom stereocenters. The molecule has 0 fully saturated rings. The normalized spacial score (nSPS) is 11.4. The van der Waals surface area contributed by atoms with E-state index < -0.39 is 0 Å². The Morgan fingerprint density at radius 1 is 0.714 bits per heavy atom. The van der Waals surface area contributed by atoms with E-state index in [2.05, 4.69) is 103 Å². The van der Waals surface area contributed by atoms with Gasteiger partial charge in [-0.25, -0.2) is 0 Å². The summed E-state index contributed by atoms with van der Waals surface area (Å²) >= 11 is 0. The Hall–Kier alpha value is -3.36. The van der Waals surface area contributed by atoms with Crippen LogP contribution in [0.1, 0.15) is 5.56 Å². The van der Waals surface area contributed by atoms with Crippen LogP contribution in [0.5, 0.6) is 0 Å². The lowest BCUT2D eigenvalue weighted by Crippen LogP contribution is -1.99. The lowest BCUT2D eigenvalue weighted by molar-refractivity contribution is 0.936. The van der Waals surface area contributed by atoms with Crippen LogP contribution in [0.2, 0.25) is 0 Å². The summed E-state index contributed by atoms with van der Waals surface area (Å²) in [5.74, 6) is 0. The van der Waals surface area contributed by atoms with Crippen molar-refractivity contribution in [1.82, 2.24) is 4.57 Å². The van der Waals surface area contributed by atoms with Gasteiger partial charge >= 0.3 is 0 Å². The second-order valence-corrected chi connectivity index (χ2v) is 7.32. The van der Waals surface area contributed by atoms with E-state index in [-0.39, 0.29) is 0 Å². The fraction of sp³-hybridized carbons (Fsp3) is 0.0769. The third-order valence-electron chi connectivity index (χ3n) is 5.53. The van der Waals surface area contributed by atoms with Crippen LogP contribution >= 0.6 is 0 Å². The lowest BCUT2D eigenvalue weighted by Gasteiger charge is -2.15. The fourth-order valence-electron chi connectivity index (χ4n) is 4.19. The van der Waals surface area contributed by atoms with Gasteiger partial charge in [-0.15, -0.1) is 0 Å². The number of rotatable bonds is 3. The lowest BCUT2D eigenvalue weighted by atomic mass is 9.90. The van der Waals surface area contributed by atoms with E-state index in [0.29, 0.717) is 6.54 Å². The molecule has 0 saturated heterocycles. The van der Waals surface area contributed by atoms with Gasteiger partial charge in [-0.05, 0) is 80.2 Å². The molecule has 0 aliphatic rings. The molecule has 4 aromatic carbocycles. The van der Waals surface area contributed by atoms with Crippen LogP contribution in [0, 0.1) is 0 Å². The Labute approximate surface area is 164 Å². The Balaban J connectivity index is 1.88. The second kappa shape index (κ2) is 6.66. The number of nitrogens with two attached hydrogens (primary N) is 1. The molecule has 0 unspecified atom stereocenters. The van der Waals surface area contributed by atoms with E-state index in [9.17, 15) is 0 Å². The standard InChI is InChI=1S/C26H22N2/c1-28-12-6-11-25(28)21-13-18(17-27)14-22(16-21)26-23-9-4-2-7-19(23)15-20-8-3-5-10-24(20)26/h2-16H,17,27H2,1H3. The summed E-state index contributed by atoms with van der Waals surface area (Å²) in [5, 5.41) is 5.06. The van der Waals surface area contributed by atoms with Gasteiger partial charge in [0.25, 0.3) is 0 Å². The number of fused-ring (bicyclic) bond motifs is 2. The van der Waals surface area contributed by atoms with Crippen molar-refractivity contribution >= 4 is 21.5 Å². The summed E-state index contributed by atoms with van der Waals surface area (Å²) in [4.78, 5) is 0. The highest BCUT2D eigenvalue weighted by atomic mass is 14.9. The van der Waals surface area contributed by atoms with Crippen molar-refractivity contribution in [2.24, 2.45) is 12.8 Å². The topological polar surface area (TPSA) is 30.9 Å². The minimum absolute atomic E-state index is 0.522. The van der Waals surface area contributed by atoms with E-state index in [1.807, 2.05) is 0 Å². The molecule has 0 spiro atoms. The number of hydrogen-bond donors (Lipinski definition) is 1. The maximum atomic E-state index is 6.08. The predicted molar refractivity (Wildman–Crippen MR) is 119 cm³/mol. The number of nitrogens with zero attached hydrogens (tertiary/aromatic N) is 1. The van der Waals surface area contributed by atoms with Crippen LogP contribution in [0.3, 0.4) is 0 Å². The zero-order valence-corrected chi connectivity index (χ0v) is 15.9. The molecule has 2 nitrogen and oxygen atoms in total. The number of aromatic nitrogens is 1. The molecular formula is C26H22N2. The van der Waals surface area contributed by atoms with Crippen LogP contribution in [-0.2, 0) is 13.6 Å². The van der Waals surface area contributed by atoms with Gasteiger partial charge in [-0.3, -0.25) is 0 Å². The molecule has 2 N–H and O–H groups in total. The van der Waals surface area contributed by atoms with Crippen molar-refractivity contribution in [3.05, 3.63) is 96.7 Å². The molecule has 0 bridgehead atoms. The van der Waals surface area contributed by atoms with Crippen LogP contribution in [-0.4, -0.2) is 4.57 Å². The second-order valence-electron chi connectivity index (χ2n) is 7.32. The number of benzene rings is 4. The summed E-state index contributed by atoms with van der Waals surface area (Å²) in [5.41, 5.74) is 12.1. The summed E-state index contributed by atoms with van der Waals surface area (Å²) in [6, 6.07) is 30.5. The molecule has 0 saturated carbocycles. The summed E-state index contributed by atoms with van der Waals surface area (Å²) in [6.45, 7) is 0.522. The van der Waals surface area contributed by atoms with Crippen molar-refractivity contribution < 1.29 is 0 Å². The largest absolute Gasteiger partial charge is 0.351 e. The minimum Gasteiger partial charge on any atom is -0.351 e. The van der Waals surface area contributed by atoms with Crippen molar-refractivity contribution in [3.63, 3.8) is 0 Å². The molecule has 28 heavy (non-hydrogen) atoms. The Morgan fingerprint density at radius 2 is 1.36 bits per heavy atom. The van der Waals surface area contributed by atoms with Crippen LogP contribution < -0.4 is 5.73 Å². The zero-order chi connectivity index (χ0) is 19.1. The van der Waals surface area contributed by atoms with E-state index in [1.165, 1.54) is 43.9 Å². The highest BCUT2D eigenvalue weighted by molar-refractivity contribution is 6.12. The fourth-order valence-corrected chi connectivity index (χ4v) is 4.19. The quantitative estimate of drug-likeness (QED) is 0.385. The molecular weight excluding hydrogens is 340 g/mol. The van der Waals surface area contributed by atoms with Gasteiger partial charge in [0, 0.05) is 25.5 Å². The van der Waals surface area contributed by atoms with Crippen LogP contribution in [0.25, 0.3) is 43.9 Å². The van der Waals surface area contributed by atoms with Crippen LogP contribution in [0.4, 0.5) is 0 Å². The third kappa shape index (κ3) is 2.70. The first-order valence-electron chi connectivity index (χ1n) is 9.61. The van der Waals surface area contributed by atoms with Crippen LogP contribution in [0.15, 0.2) is 91.1 Å². The van der Waals surface area contributed by atoms with Gasteiger partial charge in [0.1, 0.15) is 0 Å². The average molecular weight is 362 g/mol. The average Bonchev–Trinajstić information content (AvgIpc) is 3.17. The van der Waals surface area contributed by atoms with Crippen molar-refractivity contribution in [1.29, 1.82) is 0 Å². The maximum absolute atomic E-state index is 6.08. The van der Waals surface area contributed by atoms with Gasteiger partial charge in [-0.2, -0.15) is 0 Å². The Bertz CT molecular complexity index is 1260. The van der Waals surface area contributed by atoms with Crippen molar-refractivity contribution in [2.75, 3.05) is 0 Å². The van der Waals surface area contributed by atoms with E-state index in [4.69, 9.17) is 5.73 Å². The molecule has 1 aromatic heterocycles. The molecule has 0 aliphatic carbocycles.